The summed E-state index contributed by atoms with van der Waals surface area (Å²) < 4.78 is 1.24. The van der Waals surface area contributed by atoms with Crippen molar-refractivity contribution in [3.63, 3.8) is 0 Å². The second-order valence-corrected chi connectivity index (χ2v) is 3.28. The Bertz CT molecular complexity index is 549. The molecule has 2 N–H and O–H groups in total. The van der Waals surface area contributed by atoms with Crippen molar-refractivity contribution in [1.29, 1.82) is 0 Å². The molecule has 0 atom stereocenters. The number of hydrogen-bond donors (Lipinski definition) is 1. The summed E-state index contributed by atoms with van der Waals surface area (Å²) in [7, 11) is 0. The number of nitrogens with two attached hydrogens (primary N) is 1. The van der Waals surface area contributed by atoms with E-state index in [-0.39, 0.29) is 11.5 Å². The topological polar surface area (TPSA) is 99.9 Å². The molecule has 0 unspecified atom stereocenters. The van der Waals surface area contributed by atoms with Gasteiger partial charge in [-0.15, -0.1) is 0 Å². The van der Waals surface area contributed by atoms with Gasteiger partial charge in [-0.05, 0) is 24.6 Å². The molecular weight excluding hydrogens is 210 g/mol. The molecule has 0 saturated carbocycles. The Morgan fingerprint density at radius 2 is 2.31 bits per heavy atom. The molecule has 0 saturated heterocycles. The third kappa shape index (κ3) is 1.58. The lowest BCUT2D eigenvalue weighted by Gasteiger charge is -2.02. The maximum absolute atomic E-state index is 10.6. The molecule has 0 radical (unpaired) electrons. The molecule has 0 aliphatic rings. The van der Waals surface area contributed by atoms with Crippen LogP contribution in [-0.2, 0) is 0 Å². The quantitative estimate of drug-likeness (QED) is 0.601. The summed E-state index contributed by atoms with van der Waals surface area (Å²) >= 11 is 0. The Morgan fingerprint density at radius 3 is 2.88 bits per heavy atom. The highest BCUT2D eigenvalue weighted by Gasteiger charge is 2.18. The maximum Gasteiger partial charge on any atom is 0.331 e. The number of aromatic nitrogens is 3. The van der Waals surface area contributed by atoms with E-state index < -0.39 is 4.92 Å². The first-order valence-corrected chi connectivity index (χ1v) is 4.50. The van der Waals surface area contributed by atoms with Crippen molar-refractivity contribution in [3.8, 4) is 5.82 Å². The Labute approximate surface area is 90.7 Å². The highest BCUT2D eigenvalue weighted by molar-refractivity contribution is 5.54. The number of pyridine rings is 1. The van der Waals surface area contributed by atoms with Crippen molar-refractivity contribution in [3.05, 3.63) is 40.2 Å². The summed E-state index contributed by atoms with van der Waals surface area (Å²) in [5.74, 6) is 0.439. The van der Waals surface area contributed by atoms with Gasteiger partial charge in [0.25, 0.3) is 0 Å². The zero-order valence-electron chi connectivity index (χ0n) is 8.49. The van der Waals surface area contributed by atoms with Crippen LogP contribution in [0.3, 0.4) is 0 Å². The Hall–Kier alpha value is -2.44. The van der Waals surface area contributed by atoms with Crippen LogP contribution >= 0.6 is 0 Å². The molecule has 0 fully saturated rings. The lowest BCUT2D eigenvalue weighted by molar-refractivity contribution is -0.383. The molecule has 0 amide bonds. The van der Waals surface area contributed by atoms with E-state index in [0.717, 1.165) is 11.8 Å². The lowest BCUT2D eigenvalue weighted by atomic mass is 10.3. The largest absolute Gasteiger partial charge is 0.378 e. The van der Waals surface area contributed by atoms with E-state index in [1.807, 2.05) is 13.0 Å². The van der Waals surface area contributed by atoms with Gasteiger partial charge in [0, 0.05) is 6.20 Å². The average Bonchev–Trinajstić information content (AvgIpc) is 2.60. The van der Waals surface area contributed by atoms with Crippen molar-refractivity contribution in [2.75, 3.05) is 5.73 Å². The smallest absolute Gasteiger partial charge is 0.331 e. The van der Waals surface area contributed by atoms with Crippen LogP contribution < -0.4 is 5.73 Å². The summed E-state index contributed by atoms with van der Waals surface area (Å²) in [6.07, 6.45) is 2.71. The second kappa shape index (κ2) is 3.61. The maximum atomic E-state index is 10.6. The summed E-state index contributed by atoms with van der Waals surface area (Å²) in [6.45, 7) is 1.89. The van der Waals surface area contributed by atoms with E-state index in [4.69, 9.17) is 5.73 Å². The van der Waals surface area contributed by atoms with Crippen molar-refractivity contribution >= 4 is 11.5 Å². The van der Waals surface area contributed by atoms with Gasteiger partial charge in [0.1, 0.15) is 6.20 Å². The number of nitrogens with zero attached hydrogens (tertiary/aromatic N) is 4. The number of rotatable bonds is 2. The first-order chi connectivity index (χ1) is 7.59. The number of nitrogen functional groups attached to an aromatic ring is 1. The average molecular weight is 219 g/mol. The van der Waals surface area contributed by atoms with E-state index in [2.05, 4.69) is 10.1 Å². The zero-order valence-corrected chi connectivity index (χ0v) is 8.49. The van der Waals surface area contributed by atoms with Crippen molar-refractivity contribution in [2.24, 2.45) is 0 Å². The Kier molecular flexibility index (Phi) is 2.28. The predicted octanol–water partition coefficient (Wildman–Crippen LogP) is 1.07. The van der Waals surface area contributed by atoms with Gasteiger partial charge >= 0.3 is 5.69 Å². The minimum Gasteiger partial charge on any atom is -0.378 e. The molecule has 2 rings (SSSR count). The molecule has 82 valence electrons. The van der Waals surface area contributed by atoms with Crippen molar-refractivity contribution < 1.29 is 4.92 Å². The van der Waals surface area contributed by atoms with Crippen LogP contribution in [-0.4, -0.2) is 19.7 Å². The van der Waals surface area contributed by atoms with E-state index in [9.17, 15) is 10.1 Å². The molecule has 2 aromatic heterocycles. The van der Waals surface area contributed by atoms with Crippen LogP contribution in [0.15, 0.2) is 24.5 Å². The number of anilines is 1. The first-order valence-electron chi connectivity index (χ1n) is 4.50. The highest BCUT2D eigenvalue weighted by atomic mass is 16.6. The SMILES string of the molecule is Cc1ccnc(-n2ncc([N+](=O)[O-])c2N)c1. The molecule has 16 heavy (non-hydrogen) atoms. The minimum absolute atomic E-state index is 0.0249. The van der Waals surface area contributed by atoms with Gasteiger partial charge in [0.05, 0.1) is 4.92 Å². The molecule has 0 bridgehead atoms. The monoisotopic (exact) mass is 219 g/mol. The standard InChI is InChI=1S/C9H9N5O2/c1-6-2-3-11-8(4-6)13-9(10)7(5-12-13)14(15)16/h2-5H,10H2,1H3. The van der Waals surface area contributed by atoms with Crippen LogP contribution in [0.1, 0.15) is 5.56 Å². The molecule has 0 aliphatic carbocycles. The predicted molar refractivity (Wildman–Crippen MR) is 57.2 cm³/mol. The van der Waals surface area contributed by atoms with Crippen molar-refractivity contribution in [2.45, 2.75) is 6.92 Å². The summed E-state index contributed by atoms with van der Waals surface area (Å²) in [4.78, 5) is 14.1. The van der Waals surface area contributed by atoms with Gasteiger partial charge in [-0.3, -0.25) is 10.1 Å². The van der Waals surface area contributed by atoms with E-state index >= 15 is 0 Å². The summed E-state index contributed by atoms with van der Waals surface area (Å²) in [5, 5.41) is 14.4. The molecule has 7 nitrogen and oxygen atoms in total. The minimum atomic E-state index is -0.575. The molecular formula is C9H9N5O2. The zero-order chi connectivity index (χ0) is 11.7. The van der Waals surface area contributed by atoms with E-state index in [0.29, 0.717) is 5.82 Å². The molecule has 0 aromatic carbocycles. The fourth-order valence-electron chi connectivity index (χ4n) is 1.31. The van der Waals surface area contributed by atoms with Crippen LogP contribution in [0.4, 0.5) is 11.5 Å². The fourth-order valence-corrected chi connectivity index (χ4v) is 1.31. The van der Waals surface area contributed by atoms with E-state index in [1.165, 1.54) is 4.68 Å². The number of hydrogen-bond acceptors (Lipinski definition) is 5. The molecule has 7 heteroatoms. The third-order valence-corrected chi connectivity index (χ3v) is 2.10. The van der Waals surface area contributed by atoms with Crippen molar-refractivity contribution in [1.82, 2.24) is 14.8 Å². The molecule has 2 heterocycles. The lowest BCUT2D eigenvalue weighted by Crippen LogP contribution is -2.05. The Balaban J connectivity index is 2.53. The summed E-state index contributed by atoms with van der Waals surface area (Å²) in [5.41, 5.74) is 6.36. The van der Waals surface area contributed by atoms with Crippen LogP contribution in [0.2, 0.25) is 0 Å². The van der Waals surface area contributed by atoms with Gasteiger partial charge < -0.3 is 5.73 Å². The Morgan fingerprint density at radius 1 is 1.56 bits per heavy atom. The number of nitro groups is 1. The highest BCUT2D eigenvalue weighted by Crippen LogP contribution is 2.22. The molecule has 2 aromatic rings. The third-order valence-electron chi connectivity index (χ3n) is 2.10. The first kappa shape index (κ1) is 10.1. The van der Waals surface area contributed by atoms with E-state index in [1.54, 1.807) is 12.3 Å². The molecule has 0 spiro atoms. The van der Waals surface area contributed by atoms with Gasteiger partial charge in [0.15, 0.2) is 5.82 Å². The van der Waals surface area contributed by atoms with Gasteiger partial charge in [-0.25, -0.2) is 4.98 Å². The van der Waals surface area contributed by atoms with Gasteiger partial charge in [-0.2, -0.15) is 9.78 Å². The fraction of sp³-hybridized carbons (Fsp3) is 0.111. The van der Waals surface area contributed by atoms with Gasteiger partial charge in [-0.1, -0.05) is 0 Å². The summed E-state index contributed by atoms with van der Waals surface area (Å²) in [6, 6.07) is 3.56. The van der Waals surface area contributed by atoms with Crippen LogP contribution in [0, 0.1) is 17.0 Å². The number of aryl methyl sites for hydroxylation is 1. The normalized spacial score (nSPS) is 10.3. The van der Waals surface area contributed by atoms with Crippen LogP contribution in [0.25, 0.3) is 5.82 Å². The van der Waals surface area contributed by atoms with Crippen LogP contribution in [0.5, 0.6) is 0 Å². The molecule has 0 aliphatic heterocycles. The second-order valence-electron chi connectivity index (χ2n) is 3.28. The van der Waals surface area contributed by atoms with Gasteiger partial charge in [0.2, 0.25) is 5.82 Å².